The van der Waals surface area contributed by atoms with Crippen molar-refractivity contribution in [1.82, 2.24) is 9.55 Å². The Morgan fingerprint density at radius 2 is 2.17 bits per heavy atom. The summed E-state index contributed by atoms with van der Waals surface area (Å²) in [7, 11) is 0. The average Bonchev–Trinajstić information content (AvgIpc) is 2.79. The van der Waals surface area contributed by atoms with E-state index in [1.54, 1.807) is 26.1 Å². The molecule has 4 heteroatoms. The first-order valence-electron chi connectivity index (χ1n) is 6.05. The lowest BCUT2D eigenvalue weighted by Gasteiger charge is -2.16. The van der Waals surface area contributed by atoms with E-state index >= 15 is 0 Å². The first-order valence-corrected chi connectivity index (χ1v) is 6.05. The molecule has 0 amide bonds. The third kappa shape index (κ3) is 2.16. The van der Waals surface area contributed by atoms with E-state index in [0.717, 1.165) is 17.9 Å². The van der Waals surface area contributed by atoms with Crippen LogP contribution in [0.2, 0.25) is 0 Å². The molecule has 0 saturated heterocycles. The summed E-state index contributed by atoms with van der Waals surface area (Å²) in [5.74, 6) is 0.593. The Labute approximate surface area is 106 Å². The van der Waals surface area contributed by atoms with Crippen LogP contribution >= 0.6 is 0 Å². The molecule has 0 bridgehead atoms. The number of nitrogens with zero attached hydrogens (tertiary/aromatic N) is 2. The summed E-state index contributed by atoms with van der Waals surface area (Å²) in [6.45, 7) is 5.36. The average molecular weight is 248 g/mol. The fourth-order valence-corrected chi connectivity index (χ4v) is 2.04. The van der Waals surface area contributed by atoms with Crippen molar-refractivity contribution in [2.24, 2.45) is 0 Å². The van der Waals surface area contributed by atoms with Gasteiger partial charge in [-0.25, -0.2) is 9.37 Å². The van der Waals surface area contributed by atoms with Crippen LogP contribution < -0.4 is 0 Å². The topological polar surface area (TPSA) is 38.0 Å². The van der Waals surface area contributed by atoms with Gasteiger partial charge in [0.1, 0.15) is 11.6 Å². The fourth-order valence-electron chi connectivity index (χ4n) is 2.04. The van der Waals surface area contributed by atoms with Crippen molar-refractivity contribution in [1.29, 1.82) is 0 Å². The molecule has 0 fully saturated rings. The predicted octanol–water partition coefficient (Wildman–Crippen LogP) is 2.94. The summed E-state index contributed by atoms with van der Waals surface area (Å²) in [5, 5.41) is 9.78. The minimum absolute atomic E-state index is 0.298. The van der Waals surface area contributed by atoms with Gasteiger partial charge in [-0.2, -0.15) is 0 Å². The molecule has 1 atom stereocenters. The third-order valence-electron chi connectivity index (χ3n) is 3.05. The number of rotatable bonds is 3. The van der Waals surface area contributed by atoms with Crippen LogP contribution in [-0.2, 0) is 6.42 Å². The summed E-state index contributed by atoms with van der Waals surface area (Å²) in [6, 6.07) is 3.15. The SMILES string of the molecule is CCc1nccn1-c1cc(C)c(F)cc1[C@@H](C)O. The first-order chi connectivity index (χ1) is 8.54. The van der Waals surface area contributed by atoms with Crippen LogP contribution in [0, 0.1) is 12.7 Å². The Kier molecular flexibility index (Phi) is 3.48. The van der Waals surface area contributed by atoms with Crippen molar-refractivity contribution in [2.75, 3.05) is 0 Å². The van der Waals surface area contributed by atoms with E-state index in [1.807, 2.05) is 17.7 Å². The van der Waals surface area contributed by atoms with Crippen LogP contribution in [0.5, 0.6) is 0 Å². The van der Waals surface area contributed by atoms with Crippen LogP contribution in [-0.4, -0.2) is 14.7 Å². The highest BCUT2D eigenvalue weighted by Crippen LogP contribution is 2.26. The zero-order chi connectivity index (χ0) is 13.3. The molecule has 0 aliphatic carbocycles. The molecule has 1 aromatic heterocycles. The number of aliphatic hydroxyl groups is 1. The molecule has 2 aromatic rings. The second-order valence-electron chi connectivity index (χ2n) is 4.40. The summed E-state index contributed by atoms with van der Waals surface area (Å²) < 4.78 is 15.5. The van der Waals surface area contributed by atoms with E-state index in [1.165, 1.54) is 6.07 Å². The molecule has 3 nitrogen and oxygen atoms in total. The van der Waals surface area contributed by atoms with E-state index in [4.69, 9.17) is 0 Å². The van der Waals surface area contributed by atoms with Gasteiger partial charge in [-0.15, -0.1) is 0 Å². The minimum Gasteiger partial charge on any atom is -0.389 e. The van der Waals surface area contributed by atoms with E-state index in [-0.39, 0.29) is 5.82 Å². The lowest BCUT2D eigenvalue weighted by molar-refractivity contribution is 0.198. The number of imidazole rings is 1. The number of aryl methyl sites for hydroxylation is 2. The molecule has 0 aliphatic rings. The predicted molar refractivity (Wildman–Crippen MR) is 68.3 cm³/mol. The van der Waals surface area contributed by atoms with Gasteiger partial charge in [0.15, 0.2) is 0 Å². The van der Waals surface area contributed by atoms with E-state index in [9.17, 15) is 9.50 Å². The van der Waals surface area contributed by atoms with Gasteiger partial charge in [-0.3, -0.25) is 0 Å². The molecule has 0 saturated carbocycles. The molecule has 0 unspecified atom stereocenters. The number of aromatic nitrogens is 2. The number of halogens is 1. The molecular formula is C14H17FN2O. The molecule has 1 heterocycles. The maximum atomic E-state index is 13.6. The second-order valence-corrected chi connectivity index (χ2v) is 4.40. The van der Waals surface area contributed by atoms with Gasteiger partial charge in [-0.05, 0) is 31.5 Å². The zero-order valence-corrected chi connectivity index (χ0v) is 10.8. The van der Waals surface area contributed by atoms with E-state index < -0.39 is 6.10 Å². The second kappa shape index (κ2) is 4.90. The highest BCUT2D eigenvalue weighted by molar-refractivity contribution is 5.46. The Morgan fingerprint density at radius 3 is 2.78 bits per heavy atom. The van der Waals surface area contributed by atoms with E-state index in [2.05, 4.69) is 4.98 Å². The molecule has 0 radical (unpaired) electrons. The summed E-state index contributed by atoms with van der Waals surface area (Å²) in [6.07, 6.45) is 3.60. The summed E-state index contributed by atoms with van der Waals surface area (Å²) >= 11 is 0. The lowest BCUT2D eigenvalue weighted by Crippen LogP contribution is -2.07. The fraction of sp³-hybridized carbons (Fsp3) is 0.357. The van der Waals surface area contributed by atoms with Crippen molar-refractivity contribution in [3.05, 3.63) is 47.3 Å². The van der Waals surface area contributed by atoms with Crippen LogP contribution in [0.4, 0.5) is 4.39 Å². The van der Waals surface area contributed by atoms with Gasteiger partial charge in [0, 0.05) is 24.4 Å². The molecular weight excluding hydrogens is 231 g/mol. The Bertz CT molecular complexity index is 561. The normalized spacial score (nSPS) is 12.7. The van der Waals surface area contributed by atoms with Crippen molar-refractivity contribution in [3.63, 3.8) is 0 Å². The smallest absolute Gasteiger partial charge is 0.126 e. The first kappa shape index (κ1) is 12.8. The molecule has 96 valence electrons. The van der Waals surface area contributed by atoms with Crippen molar-refractivity contribution >= 4 is 0 Å². The molecule has 1 N–H and O–H groups in total. The Balaban J connectivity index is 2.66. The molecule has 18 heavy (non-hydrogen) atoms. The summed E-state index contributed by atoms with van der Waals surface area (Å²) in [4.78, 5) is 4.25. The minimum atomic E-state index is -0.720. The molecule has 1 aromatic carbocycles. The van der Waals surface area contributed by atoms with Gasteiger partial charge in [0.25, 0.3) is 0 Å². The largest absolute Gasteiger partial charge is 0.389 e. The maximum absolute atomic E-state index is 13.6. The zero-order valence-electron chi connectivity index (χ0n) is 10.8. The number of hydrogen-bond donors (Lipinski definition) is 1. The van der Waals surface area contributed by atoms with Gasteiger partial charge >= 0.3 is 0 Å². The van der Waals surface area contributed by atoms with Crippen molar-refractivity contribution in [2.45, 2.75) is 33.3 Å². The van der Waals surface area contributed by atoms with Crippen LogP contribution in [0.25, 0.3) is 5.69 Å². The monoisotopic (exact) mass is 248 g/mol. The van der Waals surface area contributed by atoms with Gasteiger partial charge in [-0.1, -0.05) is 6.92 Å². The third-order valence-corrected chi connectivity index (χ3v) is 3.05. The van der Waals surface area contributed by atoms with Crippen molar-refractivity contribution in [3.8, 4) is 5.69 Å². The lowest BCUT2D eigenvalue weighted by atomic mass is 10.0. The maximum Gasteiger partial charge on any atom is 0.126 e. The van der Waals surface area contributed by atoms with E-state index in [0.29, 0.717) is 11.1 Å². The van der Waals surface area contributed by atoms with Gasteiger partial charge in [0.05, 0.1) is 11.8 Å². The standard InChI is InChI=1S/C14H17FN2O/c1-4-14-16-5-6-17(14)13-7-9(2)12(15)8-11(13)10(3)18/h5-8,10,18H,4H2,1-3H3/t10-/m1/s1. The van der Waals surface area contributed by atoms with Gasteiger partial charge < -0.3 is 9.67 Å². The Morgan fingerprint density at radius 1 is 1.44 bits per heavy atom. The molecule has 0 spiro atoms. The van der Waals surface area contributed by atoms with Gasteiger partial charge in [0.2, 0.25) is 0 Å². The highest BCUT2D eigenvalue weighted by atomic mass is 19.1. The molecule has 2 rings (SSSR count). The van der Waals surface area contributed by atoms with Crippen LogP contribution in [0.15, 0.2) is 24.5 Å². The molecule has 0 aliphatic heterocycles. The number of benzene rings is 1. The van der Waals surface area contributed by atoms with Crippen LogP contribution in [0.3, 0.4) is 0 Å². The summed E-state index contributed by atoms with van der Waals surface area (Å²) in [5.41, 5.74) is 1.93. The quantitative estimate of drug-likeness (QED) is 0.907. The number of hydrogen-bond acceptors (Lipinski definition) is 2. The number of aliphatic hydroxyl groups excluding tert-OH is 1. The Hall–Kier alpha value is -1.68. The van der Waals surface area contributed by atoms with Crippen molar-refractivity contribution < 1.29 is 9.50 Å². The van der Waals surface area contributed by atoms with Crippen LogP contribution in [0.1, 0.15) is 36.9 Å². The highest BCUT2D eigenvalue weighted by Gasteiger charge is 2.14.